The Balaban J connectivity index is 1.73. The molecule has 0 aromatic carbocycles. The summed E-state index contributed by atoms with van der Waals surface area (Å²) < 4.78 is 5.33. The quantitative estimate of drug-likeness (QED) is 0.819. The topological polar surface area (TPSA) is 58.6 Å². The van der Waals surface area contributed by atoms with E-state index in [4.69, 9.17) is 4.74 Å². The molecule has 1 unspecified atom stereocenters. The van der Waals surface area contributed by atoms with Crippen LogP contribution in [0.25, 0.3) is 0 Å². The molecule has 19 heavy (non-hydrogen) atoms. The van der Waals surface area contributed by atoms with Crippen LogP contribution in [0.2, 0.25) is 0 Å². The van der Waals surface area contributed by atoms with Gasteiger partial charge in [0.1, 0.15) is 0 Å². The van der Waals surface area contributed by atoms with Crippen LogP contribution in [0.4, 0.5) is 0 Å². The van der Waals surface area contributed by atoms with Gasteiger partial charge in [-0.2, -0.15) is 0 Å². The van der Waals surface area contributed by atoms with Gasteiger partial charge in [0.2, 0.25) is 5.91 Å². The van der Waals surface area contributed by atoms with Gasteiger partial charge < -0.3 is 15.2 Å². The first-order chi connectivity index (χ1) is 9.13. The standard InChI is InChI=1S/C15H27NO3/c1-2-12-5-7-15(18,8-6-12)11-16-14(17)13-4-3-9-19-10-13/h12-13,18H,2-11H2,1H3,(H,16,17). The second-order valence-electron chi connectivity index (χ2n) is 6.21. The van der Waals surface area contributed by atoms with Gasteiger partial charge in [-0.25, -0.2) is 0 Å². The maximum absolute atomic E-state index is 12.0. The Morgan fingerprint density at radius 1 is 1.37 bits per heavy atom. The second kappa shape index (κ2) is 6.71. The summed E-state index contributed by atoms with van der Waals surface area (Å²) in [4.78, 5) is 12.0. The summed E-state index contributed by atoms with van der Waals surface area (Å²) in [6, 6.07) is 0. The van der Waals surface area contributed by atoms with Crippen molar-refractivity contribution in [3.05, 3.63) is 0 Å². The first-order valence-electron chi connectivity index (χ1n) is 7.71. The zero-order valence-electron chi connectivity index (χ0n) is 12.0. The third kappa shape index (κ3) is 4.18. The van der Waals surface area contributed by atoms with Crippen molar-refractivity contribution in [1.82, 2.24) is 5.32 Å². The van der Waals surface area contributed by atoms with Gasteiger partial charge in [0.25, 0.3) is 0 Å². The van der Waals surface area contributed by atoms with Crippen LogP contribution in [0.15, 0.2) is 0 Å². The molecule has 0 spiro atoms. The molecule has 0 radical (unpaired) electrons. The van der Waals surface area contributed by atoms with Gasteiger partial charge in [-0.1, -0.05) is 13.3 Å². The van der Waals surface area contributed by atoms with E-state index in [9.17, 15) is 9.90 Å². The smallest absolute Gasteiger partial charge is 0.225 e. The first-order valence-corrected chi connectivity index (χ1v) is 7.71. The van der Waals surface area contributed by atoms with E-state index in [0.717, 1.165) is 51.0 Å². The fourth-order valence-electron chi connectivity index (χ4n) is 3.14. The first kappa shape index (κ1) is 14.8. The number of amides is 1. The van der Waals surface area contributed by atoms with E-state index >= 15 is 0 Å². The van der Waals surface area contributed by atoms with E-state index < -0.39 is 5.60 Å². The summed E-state index contributed by atoms with van der Waals surface area (Å²) in [7, 11) is 0. The highest BCUT2D eigenvalue weighted by atomic mass is 16.5. The zero-order chi connectivity index (χ0) is 13.7. The molecule has 1 aliphatic heterocycles. The molecule has 1 amide bonds. The number of carbonyl (C=O) groups excluding carboxylic acids is 1. The lowest BCUT2D eigenvalue weighted by molar-refractivity contribution is -0.130. The molecule has 1 saturated heterocycles. The molecule has 4 heteroatoms. The molecule has 110 valence electrons. The minimum absolute atomic E-state index is 0.0238. The fraction of sp³-hybridized carbons (Fsp3) is 0.933. The Labute approximate surface area is 115 Å². The molecule has 2 rings (SSSR count). The number of ether oxygens (including phenoxy) is 1. The summed E-state index contributed by atoms with van der Waals surface area (Å²) in [6.45, 7) is 3.91. The van der Waals surface area contributed by atoms with Gasteiger partial charge in [0.05, 0.1) is 18.1 Å². The summed E-state index contributed by atoms with van der Waals surface area (Å²) in [5.74, 6) is 0.776. The van der Waals surface area contributed by atoms with Crippen molar-refractivity contribution in [2.75, 3.05) is 19.8 Å². The zero-order valence-corrected chi connectivity index (χ0v) is 12.0. The van der Waals surface area contributed by atoms with E-state index in [1.807, 2.05) is 0 Å². The van der Waals surface area contributed by atoms with E-state index in [0.29, 0.717) is 13.2 Å². The predicted molar refractivity (Wildman–Crippen MR) is 73.8 cm³/mol. The molecule has 0 aromatic rings. The van der Waals surface area contributed by atoms with Crippen molar-refractivity contribution in [2.45, 2.75) is 57.5 Å². The van der Waals surface area contributed by atoms with Crippen LogP contribution in [-0.2, 0) is 9.53 Å². The number of hydrogen-bond donors (Lipinski definition) is 2. The Kier molecular flexibility index (Phi) is 5.22. The van der Waals surface area contributed by atoms with Crippen molar-refractivity contribution in [1.29, 1.82) is 0 Å². The summed E-state index contributed by atoms with van der Waals surface area (Å²) in [5.41, 5.74) is -0.684. The largest absolute Gasteiger partial charge is 0.388 e. The van der Waals surface area contributed by atoms with Crippen LogP contribution in [0.5, 0.6) is 0 Å². The van der Waals surface area contributed by atoms with Crippen LogP contribution >= 0.6 is 0 Å². The van der Waals surface area contributed by atoms with Crippen molar-refractivity contribution in [3.8, 4) is 0 Å². The molecule has 0 bridgehead atoms. The van der Waals surface area contributed by atoms with Crippen LogP contribution in [-0.4, -0.2) is 36.4 Å². The second-order valence-corrected chi connectivity index (χ2v) is 6.21. The Morgan fingerprint density at radius 3 is 2.68 bits per heavy atom. The highest BCUT2D eigenvalue weighted by Gasteiger charge is 2.33. The molecule has 2 aliphatic rings. The minimum atomic E-state index is -0.684. The number of hydrogen-bond acceptors (Lipinski definition) is 3. The maximum Gasteiger partial charge on any atom is 0.225 e. The van der Waals surface area contributed by atoms with Gasteiger partial charge in [-0.15, -0.1) is 0 Å². The van der Waals surface area contributed by atoms with E-state index in [1.54, 1.807) is 0 Å². The molecule has 4 nitrogen and oxygen atoms in total. The maximum atomic E-state index is 12.0. The van der Waals surface area contributed by atoms with Crippen LogP contribution in [0, 0.1) is 11.8 Å². The molecule has 1 heterocycles. The molecule has 1 atom stereocenters. The van der Waals surface area contributed by atoms with E-state index in [1.165, 1.54) is 6.42 Å². The molecular weight excluding hydrogens is 242 g/mol. The fourth-order valence-corrected chi connectivity index (χ4v) is 3.14. The molecule has 1 saturated carbocycles. The van der Waals surface area contributed by atoms with Gasteiger partial charge in [0.15, 0.2) is 0 Å². The number of carbonyl (C=O) groups is 1. The van der Waals surface area contributed by atoms with E-state index in [-0.39, 0.29) is 11.8 Å². The Morgan fingerprint density at radius 2 is 2.11 bits per heavy atom. The molecular formula is C15H27NO3. The lowest BCUT2D eigenvalue weighted by atomic mass is 9.78. The number of nitrogens with one attached hydrogen (secondary N) is 1. The SMILES string of the molecule is CCC1CCC(O)(CNC(=O)C2CCCOC2)CC1. The van der Waals surface area contributed by atoms with E-state index in [2.05, 4.69) is 12.2 Å². The van der Waals surface area contributed by atoms with Crippen LogP contribution in [0.1, 0.15) is 51.9 Å². The third-order valence-electron chi connectivity index (χ3n) is 4.74. The average molecular weight is 269 g/mol. The van der Waals surface area contributed by atoms with Crippen molar-refractivity contribution in [3.63, 3.8) is 0 Å². The molecule has 1 aliphatic carbocycles. The Hall–Kier alpha value is -0.610. The average Bonchev–Trinajstić information content (AvgIpc) is 2.47. The number of aliphatic hydroxyl groups is 1. The summed E-state index contributed by atoms with van der Waals surface area (Å²) in [6.07, 6.45) is 6.84. The van der Waals surface area contributed by atoms with Crippen molar-refractivity contribution >= 4 is 5.91 Å². The highest BCUT2D eigenvalue weighted by Crippen LogP contribution is 2.33. The molecule has 2 N–H and O–H groups in total. The summed E-state index contributed by atoms with van der Waals surface area (Å²) >= 11 is 0. The predicted octanol–water partition coefficient (Wildman–Crippen LogP) is 1.86. The monoisotopic (exact) mass is 269 g/mol. The van der Waals surface area contributed by atoms with Crippen LogP contribution < -0.4 is 5.32 Å². The van der Waals surface area contributed by atoms with Gasteiger partial charge in [0, 0.05) is 13.2 Å². The van der Waals surface area contributed by atoms with Gasteiger partial charge in [-0.3, -0.25) is 4.79 Å². The van der Waals surface area contributed by atoms with Crippen molar-refractivity contribution < 1.29 is 14.6 Å². The van der Waals surface area contributed by atoms with Crippen molar-refractivity contribution in [2.24, 2.45) is 11.8 Å². The molecule has 0 aromatic heterocycles. The Bertz CT molecular complexity index is 292. The van der Waals surface area contributed by atoms with Gasteiger partial charge >= 0.3 is 0 Å². The third-order valence-corrected chi connectivity index (χ3v) is 4.74. The lowest BCUT2D eigenvalue weighted by Crippen LogP contribution is -2.47. The lowest BCUT2D eigenvalue weighted by Gasteiger charge is -2.36. The molecule has 2 fully saturated rings. The number of rotatable bonds is 4. The normalized spacial score (nSPS) is 35.9. The minimum Gasteiger partial charge on any atom is -0.388 e. The van der Waals surface area contributed by atoms with Crippen LogP contribution in [0.3, 0.4) is 0 Å². The van der Waals surface area contributed by atoms with Gasteiger partial charge in [-0.05, 0) is 44.4 Å². The summed E-state index contributed by atoms with van der Waals surface area (Å²) in [5, 5.41) is 13.4. The highest BCUT2D eigenvalue weighted by molar-refractivity contribution is 5.78.